The first-order valence-corrected chi connectivity index (χ1v) is 3.67. The third-order valence-corrected chi connectivity index (χ3v) is 0. The number of hydrogen-bond donors (Lipinski definition) is 1. The van der Waals surface area contributed by atoms with E-state index >= 15 is 0 Å². The van der Waals surface area contributed by atoms with Crippen LogP contribution in [0.15, 0.2) is 0 Å². The summed E-state index contributed by atoms with van der Waals surface area (Å²) in [6.45, 7) is 1.08. The number of hydrogen-bond acceptors (Lipinski definition) is 3. The van der Waals surface area contributed by atoms with E-state index in [2.05, 4.69) is 0 Å². The molecule has 40 valence electrons. The summed E-state index contributed by atoms with van der Waals surface area (Å²) in [5.74, 6) is -0.833. The van der Waals surface area contributed by atoms with Gasteiger partial charge >= 0.3 is 27.3 Å². The third-order valence-electron chi connectivity index (χ3n) is 0. The average Bonchev–Trinajstić information content (AvgIpc) is 1.33. The minimum atomic E-state index is -2.27. The van der Waals surface area contributed by atoms with E-state index in [4.69, 9.17) is 16.1 Å². The van der Waals surface area contributed by atoms with Crippen LogP contribution in [-0.2, 0) is 10.9 Å². The Labute approximate surface area is 50.5 Å². The van der Waals surface area contributed by atoms with Gasteiger partial charge in [0.2, 0.25) is 0 Å². The first-order chi connectivity index (χ1) is 3.15. The molecular weight excluding hydrogens is 207 g/mol. The Bertz CT molecular complexity index is 77.7. The SMILES string of the molecule is CC(=O)O.[O]=[Sn]=[O]. The van der Waals surface area contributed by atoms with Crippen LogP contribution in [0, 0.1) is 0 Å². The molecule has 0 aliphatic rings. The summed E-state index contributed by atoms with van der Waals surface area (Å²) in [5.41, 5.74) is 0. The van der Waals surface area contributed by atoms with Gasteiger partial charge in [-0.25, -0.2) is 0 Å². The van der Waals surface area contributed by atoms with Crippen molar-refractivity contribution in [2.45, 2.75) is 6.92 Å². The molecular formula is C2H4O4Sn. The second-order valence-corrected chi connectivity index (χ2v) is 1.08. The molecule has 0 fully saturated rings. The molecule has 0 aliphatic heterocycles. The van der Waals surface area contributed by atoms with Gasteiger partial charge in [0.1, 0.15) is 0 Å². The van der Waals surface area contributed by atoms with Gasteiger partial charge in [0.15, 0.2) is 0 Å². The van der Waals surface area contributed by atoms with E-state index in [-0.39, 0.29) is 0 Å². The molecule has 0 aliphatic carbocycles. The molecule has 0 aromatic heterocycles. The molecule has 0 rings (SSSR count). The van der Waals surface area contributed by atoms with Gasteiger partial charge in [0, 0.05) is 6.92 Å². The molecule has 0 heterocycles. The monoisotopic (exact) mass is 212 g/mol. The summed E-state index contributed by atoms with van der Waals surface area (Å²) in [6, 6.07) is 0. The van der Waals surface area contributed by atoms with Crippen molar-refractivity contribution >= 4 is 27.1 Å². The fourth-order valence-corrected chi connectivity index (χ4v) is 0. The van der Waals surface area contributed by atoms with Gasteiger partial charge in [-0.3, -0.25) is 4.79 Å². The molecule has 0 spiro atoms. The van der Waals surface area contributed by atoms with Crippen molar-refractivity contribution in [2.24, 2.45) is 0 Å². The second kappa shape index (κ2) is 9.29. The van der Waals surface area contributed by atoms with E-state index in [1.807, 2.05) is 0 Å². The van der Waals surface area contributed by atoms with E-state index in [1.54, 1.807) is 0 Å². The maximum absolute atomic E-state index is 9.00. The summed E-state index contributed by atoms with van der Waals surface area (Å²) in [5, 5.41) is 7.42. The van der Waals surface area contributed by atoms with Crippen LogP contribution >= 0.6 is 0 Å². The number of rotatable bonds is 0. The molecule has 4 nitrogen and oxygen atoms in total. The van der Waals surface area contributed by atoms with E-state index in [9.17, 15) is 0 Å². The zero-order chi connectivity index (χ0) is 6.28. The van der Waals surface area contributed by atoms with Crippen LogP contribution in [0.1, 0.15) is 6.92 Å². The Kier molecular flexibility index (Phi) is 13.3. The molecule has 7 heavy (non-hydrogen) atoms. The standard InChI is InChI=1S/C2H4O2.2O.Sn/c1-2(3)4;;;/h1H3,(H,3,4);;;. The van der Waals surface area contributed by atoms with Crippen molar-refractivity contribution < 1.29 is 16.1 Å². The van der Waals surface area contributed by atoms with Crippen LogP contribution in [-0.4, -0.2) is 32.2 Å². The van der Waals surface area contributed by atoms with Crippen LogP contribution in [0.25, 0.3) is 0 Å². The van der Waals surface area contributed by atoms with Crippen molar-refractivity contribution in [3.05, 3.63) is 0 Å². The fourth-order valence-electron chi connectivity index (χ4n) is 0. The summed E-state index contributed by atoms with van der Waals surface area (Å²) < 4.78 is 17.1. The van der Waals surface area contributed by atoms with Crippen molar-refractivity contribution in [1.29, 1.82) is 0 Å². The second-order valence-electron chi connectivity index (χ2n) is 0.602. The summed E-state index contributed by atoms with van der Waals surface area (Å²) in [7, 11) is 0. The Morgan fingerprint density at radius 1 is 1.57 bits per heavy atom. The Morgan fingerprint density at radius 3 is 1.57 bits per heavy atom. The number of carboxylic acids is 1. The molecule has 0 saturated heterocycles. The molecule has 0 atom stereocenters. The number of carboxylic acid groups (broad SMARTS) is 1. The first kappa shape index (κ1) is 9.98. The minimum absolute atomic E-state index is 0.833. The molecule has 5 heteroatoms. The van der Waals surface area contributed by atoms with E-state index < -0.39 is 27.1 Å². The maximum atomic E-state index is 9.00. The van der Waals surface area contributed by atoms with Crippen LogP contribution in [0.5, 0.6) is 0 Å². The van der Waals surface area contributed by atoms with Crippen LogP contribution in [0.3, 0.4) is 0 Å². The van der Waals surface area contributed by atoms with Crippen LogP contribution in [0.4, 0.5) is 0 Å². The van der Waals surface area contributed by atoms with Crippen LogP contribution in [0.2, 0.25) is 0 Å². The van der Waals surface area contributed by atoms with Gasteiger partial charge in [0.05, 0.1) is 0 Å². The number of aliphatic carboxylic acids is 1. The quantitative estimate of drug-likeness (QED) is 0.546. The predicted octanol–water partition coefficient (Wildman–Crippen LogP) is -0.528. The van der Waals surface area contributed by atoms with Gasteiger partial charge in [-0.05, 0) is 0 Å². The van der Waals surface area contributed by atoms with Crippen LogP contribution < -0.4 is 0 Å². The Balaban J connectivity index is 0. The molecule has 0 amide bonds. The Morgan fingerprint density at radius 2 is 1.57 bits per heavy atom. The molecule has 1 N–H and O–H groups in total. The predicted molar refractivity (Wildman–Crippen MR) is 20.4 cm³/mol. The first-order valence-electron chi connectivity index (χ1n) is 1.34. The number of carbonyl (C=O) groups is 1. The van der Waals surface area contributed by atoms with Gasteiger partial charge in [0.25, 0.3) is 5.97 Å². The van der Waals surface area contributed by atoms with Gasteiger partial charge in [-0.15, -0.1) is 0 Å². The van der Waals surface area contributed by atoms with Crippen molar-refractivity contribution in [3.8, 4) is 0 Å². The summed E-state index contributed by atoms with van der Waals surface area (Å²) in [6.07, 6.45) is 0. The fraction of sp³-hybridized carbons (Fsp3) is 0.500. The zero-order valence-electron chi connectivity index (χ0n) is 3.67. The summed E-state index contributed by atoms with van der Waals surface area (Å²) in [4.78, 5) is 9.00. The molecule has 0 aromatic carbocycles. The average molecular weight is 211 g/mol. The van der Waals surface area contributed by atoms with Gasteiger partial charge in [-0.1, -0.05) is 0 Å². The summed E-state index contributed by atoms with van der Waals surface area (Å²) >= 11 is -2.27. The molecule has 0 bridgehead atoms. The van der Waals surface area contributed by atoms with Gasteiger partial charge in [-0.2, -0.15) is 0 Å². The van der Waals surface area contributed by atoms with Crippen molar-refractivity contribution in [2.75, 3.05) is 0 Å². The topological polar surface area (TPSA) is 71.4 Å². The molecule has 0 unspecified atom stereocenters. The van der Waals surface area contributed by atoms with E-state index in [0.29, 0.717) is 0 Å². The molecule has 0 aromatic rings. The van der Waals surface area contributed by atoms with Crippen molar-refractivity contribution in [3.63, 3.8) is 0 Å². The van der Waals surface area contributed by atoms with E-state index in [1.165, 1.54) is 0 Å². The molecule has 0 radical (unpaired) electrons. The van der Waals surface area contributed by atoms with Crippen molar-refractivity contribution in [1.82, 2.24) is 0 Å². The van der Waals surface area contributed by atoms with E-state index in [0.717, 1.165) is 6.92 Å². The third kappa shape index (κ3) is 5100. The Hall–Kier alpha value is -0.131. The normalized spacial score (nSPS) is 4.71. The zero-order valence-corrected chi connectivity index (χ0v) is 6.53. The van der Waals surface area contributed by atoms with Gasteiger partial charge < -0.3 is 5.11 Å². The molecule has 0 saturated carbocycles.